The molecule has 2 heterocycles. The van der Waals surface area contributed by atoms with Crippen LogP contribution in [0.1, 0.15) is 23.1 Å². The minimum Gasteiger partial charge on any atom is -0.338 e. The van der Waals surface area contributed by atoms with Crippen molar-refractivity contribution in [2.45, 2.75) is 26.8 Å². The lowest BCUT2D eigenvalue weighted by atomic mass is 10.1. The van der Waals surface area contributed by atoms with Crippen molar-refractivity contribution in [3.63, 3.8) is 0 Å². The summed E-state index contributed by atoms with van der Waals surface area (Å²) in [7, 11) is 0. The zero-order valence-corrected chi connectivity index (χ0v) is 14.0. The van der Waals surface area contributed by atoms with Gasteiger partial charge >= 0.3 is 0 Å². The smallest absolute Gasteiger partial charge is 0.230 e. The van der Waals surface area contributed by atoms with E-state index in [1.807, 2.05) is 44.2 Å². The number of amides is 2. The number of hydrogen-bond acceptors (Lipinski definition) is 3. The number of benzene rings is 1. The number of nitrogens with one attached hydrogen (secondary N) is 1. The summed E-state index contributed by atoms with van der Waals surface area (Å²) in [4.78, 5) is 30.5. The highest BCUT2D eigenvalue weighted by atomic mass is 16.2. The minimum absolute atomic E-state index is 0.0209. The van der Waals surface area contributed by atoms with Crippen LogP contribution < -0.4 is 5.32 Å². The molecule has 0 aliphatic carbocycles. The maximum absolute atomic E-state index is 12.4. The van der Waals surface area contributed by atoms with E-state index in [1.54, 1.807) is 17.2 Å². The molecule has 1 fully saturated rings. The normalized spacial score (nSPS) is 17.2. The van der Waals surface area contributed by atoms with Gasteiger partial charge in [-0.1, -0.05) is 35.9 Å². The van der Waals surface area contributed by atoms with Crippen LogP contribution in [-0.4, -0.2) is 28.2 Å². The predicted molar refractivity (Wildman–Crippen MR) is 92.3 cm³/mol. The number of hydrogen-bond donors (Lipinski definition) is 1. The minimum atomic E-state index is -0.328. The second-order valence-electron chi connectivity index (χ2n) is 6.37. The van der Waals surface area contributed by atoms with Gasteiger partial charge in [0.1, 0.15) is 5.82 Å². The quantitative estimate of drug-likeness (QED) is 0.941. The van der Waals surface area contributed by atoms with Crippen molar-refractivity contribution in [2.24, 2.45) is 5.92 Å². The molecule has 1 N–H and O–H groups in total. The van der Waals surface area contributed by atoms with E-state index < -0.39 is 0 Å². The Morgan fingerprint density at radius 3 is 2.54 bits per heavy atom. The molecule has 2 amide bonds. The Morgan fingerprint density at radius 1 is 1.17 bits per heavy atom. The zero-order chi connectivity index (χ0) is 17.1. The van der Waals surface area contributed by atoms with Gasteiger partial charge in [0.25, 0.3) is 0 Å². The molecule has 2 aromatic rings. The lowest BCUT2D eigenvalue weighted by Crippen LogP contribution is -2.28. The van der Waals surface area contributed by atoms with Crippen molar-refractivity contribution in [1.82, 2.24) is 9.88 Å². The van der Waals surface area contributed by atoms with Crippen molar-refractivity contribution in [3.05, 3.63) is 59.3 Å². The maximum atomic E-state index is 12.4. The van der Waals surface area contributed by atoms with Crippen molar-refractivity contribution in [1.29, 1.82) is 0 Å². The molecular formula is C19H21N3O2. The second-order valence-corrected chi connectivity index (χ2v) is 6.37. The first-order valence-electron chi connectivity index (χ1n) is 8.08. The largest absolute Gasteiger partial charge is 0.338 e. The van der Waals surface area contributed by atoms with Gasteiger partial charge in [-0.15, -0.1) is 0 Å². The van der Waals surface area contributed by atoms with Crippen LogP contribution in [0.15, 0.2) is 42.6 Å². The molecular weight excluding hydrogens is 302 g/mol. The molecule has 5 heteroatoms. The molecule has 1 atom stereocenters. The Labute approximate surface area is 141 Å². The molecule has 1 aromatic carbocycles. The van der Waals surface area contributed by atoms with E-state index in [0.29, 0.717) is 18.9 Å². The third-order valence-electron chi connectivity index (χ3n) is 4.24. The van der Waals surface area contributed by atoms with E-state index in [4.69, 9.17) is 0 Å². The summed E-state index contributed by atoms with van der Waals surface area (Å²) in [6, 6.07) is 11.8. The fraction of sp³-hybridized carbons (Fsp3) is 0.316. The molecule has 1 saturated heterocycles. The molecule has 1 unspecified atom stereocenters. The summed E-state index contributed by atoms with van der Waals surface area (Å²) in [6.07, 6.45) is 1.96. The number of carbonyl (C=O) groups excluding carboxylic acids is 2. The van der Waals surface area contributed by atoms with Crippen LogP contribution in [-0.2, 0) is 16.1 Å². The highest BCUT2D eigenvalue weighted by molar-refractivity contribution is 5.96. The van der Waals surface area contributed by atoms with E-state index in [9.17, 15) is 9.59 Å². The summed E-state index contributed by atoms with van der Waals surface area (Å²) in [5.41, 5.74) is 3.30. The number of rotatable bonds is 4. The third kappa shape index (κ3) is 3.79. The average molecular weight is 323 g/mol. The first-order valence-corrected chi connectivity index (χ1v) is 8.08. The molecule has 24 heavy (non-hydrogen) atoms. The number of carbonyl (C=O) groups is 2. The van der Waals surface area contributed by atoms with Crippen LogP contribution in [0.3, 0.4) is 0 Å². The Kier molecular flexibility index (Phi) is 4.60. The Bertz CT molecular complexity index is 738. The van der Waals surface area contributed by atoms with Gasteiger partial charge in [0.05, 0.1) is 5.92 Å². The van der Waals surface area contributed by atoms with E-state index in [0.717, 1.165) is 11.1 Å². The highest BCUT2D eigenvalue weighted by Crippen LogP contribution is 2.21. The summed E-state index contributed by atoms with van der Waals surface area (Å²) in [5.74, 6) is 0.0692. The first-order chi connectivity index (χ1) is 11.5. The van der Waals surface area contributed by atoms with Gasteiger partial charge in [0.2, 0.25) is 11.8 Å². The molecule has 1 aliphatic rings. The van der Waals surface area contributed by atoms with E-state index in [-0.39, 0.29) is 24.2 Å². The molecule has 0 bridgehead atoms. The first kappa shape index (κ1) is 16.2. The molecule has 0 saturated carbocycles. The fourth-order valence-corrected chi connectivity index (χ4v) is 2.78. The Morgan fingerprint density at radius 2 is 1.88 bits per heavy atom. The lowest BCUT2D eigenvalue weighted by molar-refractivity contribution is -0.128. The predicted octanol–water partition coefficient (Wildman–Crippen LogP) is 2.69. The van der Waals surface area contributed by atoms with E-state index >= 15 is 0 Å². The van der Waals surface area contributed by atoms with Gasteiger partial charge in [-0.3, -0.25) is 9.59 Å². The topological polar surface area (TPSA) is 62.3 Å². The van der Waals surface area contributed by atoms with Crippen LogP contribution in [0.4, 0.5) is 5.82 Å². The molecule has 124 valence electrons. The number of pyridine rings is 1. The fourth-order valence-electron chi connectivity index (χ4n) is 2.78. The average Bonchev–Trinajstić information content (AvgIpc) is 2.93. The van der Waals surface area contributed by atoms with Crippen LogP contribution in [0.2, 0.25) is 0 Å². The van der Waals surface area contributed by atoms with Gasteiger partial charge in [-0.05, 0) is 31.0 Å². The van der Waals surface area contributed by atoms with Crippen molar-refractivity contribution in [2.75, 3.05) is 11.9 Å². The van der Waals surface area contributed by atoms with Crippen molar-refractivity contribution in [3.8, 4) is 0 Å². The Hall–Kier alpha value is -2.69. The lowest BCUT2D eigenvalue weighted by Gasteiger charge is -2.16. The van der Waals surface area contributed by atoms with Gasteiger partial charge in [-0.25, -0.2) is 4.98 Å². The highest BCUT2D eigenvalue weighted by Gasteiger charge is 2.34. The maximum Gasteiger partial charge on any atom is 0.230 e. The summed E-state index contributed by atoms with van der Waals surface area (Å²) in [5, 5.41) is 2.79. The number of nitrogens with zero attached hydrogens (tertiary/aromatic N) is 2. The van der Waals surface area contributed by atoms with Gasteiger partial charge < -0.3 is 10.2 Å². The van der Waals surface area contributed by atoms with Gasteiger partial charge in [0.15, 0.2) is 0 Å². The summed E-state index contributed by atoms with van der Waals surface area (Å²) >= 11 is 0. The molecule has 3 rings (SSSR count). The van der Waals surface area contributed by atoms with Gasteiger partial charge in [-0.2, -0.15) is 0 Å². The van der Waals surface area contributed by atoms with Crippen LogP contribution >= 0.6 is 0 Å². The van der Waals surface area contributed by atoms with E-state index in [1.165, 1.54) is 5.56 Å². The third-order valence-corrected chi connectivity index (χ3v) is 4.24. The van der Waals surface area contributed by atoms with Crippen LogP contribution in [0.5, 0.6) is 0 Å². The summed E-state index contributed by atoms with van der Waals surface area (Å²) < 4.78 is 0. The number of anilines is 1. The molecule has 5 nitrogen and oxygen atoms in total. The SMILES string of the molecule is Cc1ccc(CN2CC(C(=O)Nc3ccc(C)cn3)CC2=O)cc1. The number of likely N-dealkylation sites (tertiary alicyclic amines) is 1. The second kappa shape index (κ2) is 6.83. The Balaban J connectivity index is 1.60. The van der Waals surface area contributed by atoms with Crippen LogP contribution in [0, 0.1) is 19.8 Å². The zero-order valence-electron chi connectivity index (χ0n) is 14.0. The van der Waals surface area contributed by atoms with Gasteiger partial charge in [0, 0.05) is 25.7 Å². The summed E-state index contributed by atoms with van der Waals surface area (Å²) in [6.45, 7) is 4.97. The van der Waals surface area contributed by atoms with Crippen LogP contribution in [0.25, 0.3) is 0 Å². The monoisotopic (exact) mass is 323 g/mol. The molecule has 0 radical (unpaired) electrons. The number of aryl methyl sites for hydroxylation is 2. The standard InChI is InChI=1S/C19H21N3O2/c1-13-3-6-15(7-4-13)11-22-12-16(9-18(22)23)19(24)21-17-8-5-14(2)10-20-17/h3-8,10,16H,9,11-12H2,1-2H3,(H,20,21,24). The molecule has 0 spiro atoms. The number of aromatic nitrogens is 1. The molecule has 1 aromatic heterocycles. The van der Waals surface area contributed by atoms with E-state index in [2.05, 4.69) is 10.3 Å². The van der Waals surface area contributed by atoms with Crippen molar-refractivity contribution < 1.29 is 9.59 Å². The van der Waals surface area contributed by atoms with Crippen molar-refractivity contribution >= 4 is 17.6 Å². The molecule has 1 aliphatic heterocycles.